The van der Waals surface area contributed by atoms with E-state index in [2.05, 4.69) is 0 Å². The van der Waals surface area contributed by atoms with Gasteiger partial charge >= 0.3 is 5.97 Å². The van der Waals surface area contributed by atoms with Gasteiger partial charge in [-0.25, -0.2) is 0 Å². The number of esters is 1. The quantitative estimate of drug-likeness (QED) is 0.868. The SMILES string of the molecule is CC(=O)OCc1cc(O)c(Cc2ccc(C)cc2)c(Cl)c1. The summed E-state index contributed by atoms with van der Waals surface area (Å²) in [4.78, 5) is 10.8. The second-order valence-corrected chi connectivity index (χ2v) is 5.43. The van der Waals surface area contributed by atoms with Gasteiger partial charge in [-0.3, -0.25) is 4.79 Å². The summed E-state index contributed by atoms with van der Waals surface area (Å²) < 4.78 is 4.90. The van der Waals surface area contributed by atoms with Crippen molar-refractivity contribution in [3.05, 3.63) is 63.7 Å². The Hall–Kier alpha value is -2.00. The topological polar surface area (TPSA) is 46.5 Å². The first-order valence-corrected chi connectivity index (χ1v) is 7.02. The zero-order chi connectivity index (χ0) is 15.4. The molecule has 0 atom stereocenters. The highest BCUT2D eigenvalue weighted by atomic mass is 35.5. The lowest BCUT2D eigenvalue weighted by Gasteiger charge is -2.11. The second-order valence-electron chi connectivity index (χ2n) is 5.02. The zero-order valence-corrected chi connectivity index (χ0v) is 12.8. The molecule has 0 spiro atoms. The van der Waals surface area contributed by atoms with Crippen molar-refractivity contribution in [3.8, 4) is 5.75 Å². The molecule has 0 aliphatic rings. The van der Waals surface area contributed by atoms with Crippen molar-refractivity contribution in [3.63, 3.8) is 0 Å². The lowest BCUT2D eigenvalue weighted by molar-refractivity contribution is -0.142. The van der Waals surface area contributed by atoms with Crippen LogP contribution in [-0.2, 0) is 22.6 Å². The summed E-state index contributed by atoms with van der Waals surface area (Å²) in [6.07, 6.45) is 0.554. The predicted octanol–water partition coefficient (Wildman–Crippen LogP) is 4.01. The maximum atomic E-state index is 10.8. The molecule has 0 radical (unpaired) electrons. The van der Waals surface area contributed by atoms with Gasteiger partial charge in [0.05, 0.1) is 0 Å². The Morgan fingerprint density at radius 2 is 1.86 bits per heavy atom. The number of halogens is 1. The van der Waals surface area contributed by atoms with Crippen LogP contribution in [0.4, 0.5) is 0 Å². The third-order valence-electron chi connectivity index (χ3n) is 3.18. The number of phenols is 1. The molecule has 0 bridgehead atoms. The summed E-state index contributed by atoms with van der Waals surface area (Å²) in [6.45, 7) is 3.47. The number of phenolic OH excluding ortho intramolecular Hbond substituents is 1. The highest BCUT2D eigenvalue weighted by Gasteiger charge is 2.10. The number of hydrogen-bond acceptors (Lipinski definition) is 3. The van der Waals surface area contributed by atoms with Gasteiger partial charge in [0.2, 0.25) is 0 Å². The highest BCUT2D eigenvalue weighted by Crippen LogP contribution is 2.30. The van der Waals surface area contributed by atoms with E-state index in [1.807, 2.05) is 31.2 Å². The molecule has 4 heteroatoms. The van der Waals surface area contributed by atoms with E-state index in [0.717, 1.165) is 5.56 Å². The maximum Gasteiger partial charge on any atom is 0.302 e. The summed E-state index contributed by atoms with van der Waals surface area (Å²) in [5, 5.41) is 10.6. The van der Waals surface area contributed by atoms with Crippen molar-refractivity contribution in [2.75, 3.05) is 0 Å². The van der Waals surface area contributed by atoms with Crippen LogP contribution >= 0.6 is 11.6 Å². The molecule has 21 heavy (non-hydrogen) atoms. The van der Waals surface area contributed by atoms with E-state index in [9.17, 15) is 9.90 Å². The third kappa shape index (κ3) is 4.23. The first kappa shape index (κ1) is 15.4. The van der Waals surface area contributed by atoms with E-state index >= 15 is 0 Å². The Labute approximate surface area is 129 Å². The van der Waals surface area contributed by atoms with Crippen LogP contribution in [0.3, 0.4) is 0 Å². The molecule has 110 valence electrons. The molecular formula is C17H17ClO3. The van der Waals surface area contributed by atoms with E-state index < -0.39 is 0 Å². The van der Waals surface area contributed by atoms with E-state index in [0.29, 0.717) is 22.6 Å². The highest BCUT2D eigenvalue weighted by molar-refractivity contribution is 6.31. The van der Waals surface area contributed by atoms with Crippen molar-refractivity contribution in [1.29, 1.82) is 0 Å². The second kappa shape index (κ2) is 6.64. The number of ether oxygens (including phenoxy) is 1. The lowest BCUT2D eigenvalue weighted by Crippen LogP contribution is -2.00. The van der Waals surface area contributed by atoms with Gasteiger partial charge in [-0.05, 0) is 30.2 Å². The molecule has 1 N–H and O–H groups in total. The van der Waals surface area contributed by atoms with Crippen molar-refractivity contribution in [2.24, 2.45) is 0 Å². The molecule has 0 saturated carbocycles. The summed E-state index contributed by atoms with van der Waals surface area (Å²) in [7, 11) is 0. The Balaban J connectivity index is 2.20. The molecule has 0 heterocycles. The number of carbonyl (C=O) groups excluding carboxylic acids is 1. The van der Waals surface area contributed by atoms with Gasteiger partial charge in [0.15, 0.2) is 0 Å². The molecule has 3 nitrogen and oxygen atoms in total. The standard InChI is InChI=1S/C17H17ClO3/c1-11-3-5-13(6-4-11)7-15-16(18)8-14(9-17(15)20)10-21-12(2)19/h3-6,8-9,20H,7,10H2,1-2H3. The smallest absolute Gasteiger partial charge is 0.302 e. The maximum absolute atomic E-state index is 10.8. The van der Waals surface area contributed by atoms with Crippen molar-refractivity contribution in [1.82, 2.24) is 0 Å². The number of rotatable bonds is 4. The minimum atomic E-state index is -0.366. The fourth-order valence-electron chi connectivity index (χ4n) is 2.03. The Morgan fingerprint density at radius 3 is 2.43 bits per heavy atom. The first-order chi connectivity index (χ1) is 9.95. The summed E-state index contributed by atoms with van der Waals surface area (Å²) in [5.74, 6) is -0.250. The van der Waals surface area contributed by atoms with E-state index in [1.165, 1.54) is 12.5 Å². The normalized spacial score (nSPS) is 10.4. The Kier molecular flexibility index (Phi) is 4.86. The van der Waals surface area contributed by atoms with E-state index in [4.69, 9.17) is 16.3 Å². The Morgan fingerprint density at radius 1 is 1.19 bits per heavy atom. The molecular weight excluding hydrogens is 288 g/mol. The van der Waals surface area contributed by atoms with Crippen LogP contribution in [0.25, 0.3) is 0 Å². The molecule has 0 aliphatic heterocycles. The summed E-state index contributed by atoms with van der Waals surface area (Å²) in [6, 6.07) is 11.4. The van der Waals surface area contributed by atoms with Gasteiger partial charge < -0.3 is 9.84 Å². The van der Waals surface area contributed by atoms with Crippen molar-refractivity contribution >= 4 is 17.6 Å². The molecule has 0 fully saturated rings. The van der Waals surface area contributed by atoms with Crippen LogP contribution in [0, 0.1) is 6.92 Å². The van der Waals surface area contributed by atoms with Crippen LogP contribution in [0.2, 0.25) is 5.02 Å². The van der Waals surface area contributed by atoms with Crippen LogP contribution in [0.5, 0.6) is 5.75 Å². The molecule has 0 saturated heterocycles. The third-order valence-corrected chi connectivity index (χ3v) is 3.51. The number of hydrogen-bond donors (Lipinski definition) is 1. The summed E-state index contributed by atoms with van der Waals surface area (Å²) >= 11 is 6.23. The van der Waals surface area contributed by atoms with E-state index in [-0.39, 0.29) is 18.3 Å². The van der Waals surface area contributed by atoms with Gasteiger partial charge in [0, 0.05) is 23.9 Å². The molecule has 2 aromatic rings. The van der Waals surface area contributed by atoms with Crippen LogP contribution < -0.4 is 0 Å². The minimum Gasteiger partial charge on any atom is -0.508 e. The molecule has 0 unspecified atom stereocenters. The summed E-state index contributed by atoms with van der Waals surface area (Å²) in [5.41, 5.74) is 3.60. The van der Waals surface area contributed by atoms with Gasteiger partial charge in [-0.1, -0.05) is 41.4 Å². The van der Waals surface area contributed by atoms with Gasteiger partial charge in [-0.15, -0.1) is 0 Å². The fraction of sp³-hybridized carbons (Fsp3) is 0.235. The average molecular weight is 305 g/mol. The number of aryl methyl sites for hydroxylation is 1. The molecule has 0 amide bonds. The number of benzene rings is 2. The van der Waals surface area contributed by atoms with E-state index in [1.54, 1.807) is 12.1 Å². The average Bonchev–Trinajstić information content (AvgIpc) is 2.42. The fourth-order valence-corrected chi connectivity index (χ4v) is 2.33. The van der Waals surface area contributed by atoms with Gasteiger partial charge in [0.25, 0.3) is 0 Å². The molecule has 2 aromatic carbocycles. The van der Waals surface area contributed by atoms with Crippen molar-refractivity contribution < 1.29 is 14.6 Å². The zero-order valence-electron chi connectivity index (χ0n) is 12.0. The minimum absolute atomic E-state index is 0.105. The number of aromatic hydroxyl groups is 1. The largest absolute Gasteiger partial charge is 0.508 e. The van der Waals surface area contributed by atoms with Crippen LogP contribution in [-0.4, -0.2) is 11.1 Å². The van der Waals surface area contributed by atoms with Gasteiger partial charge in [-0.2, -0.15) is 0 Å². The predicted molar refractivity (Wildman–Crippen MR) is 82.6 cm³/mol. The molecule has 2 rings (SSSR count). The Bertz CT molecular complexity index is 625. The van der Waals surface area contributed by atoms with Crippen LogP contribution in [0.15, 0.2) is 36.4 Å². The number of carbonyl (C=O) groups is 1. The molecule has 0 aromatic heterocycles. The lowest BCUT2D eigenvalue weighted by atomic mass is 10.0. The molecule has 0 aliphatic carbocycles. The van der Waals surface area contributed by atoms with Crippen LogP contribution in [0.1, 0.15) is 29.2 Å². The monoisotopic (exact) mass is 304 g/mol. The first-order valence-electron chi connectivity index (χ1n) is 6.65. The van der Waals surface area contributed by atoms with Crippen molar-refractivity contribution in [2.45, 2.75) is 26.9 Å². The van der Waals surface area contributed by atoms with Gasteiger partial charge in [0.1, 0.15) is 12.4 Å².